The van der Waals surface area contributed by atoms with Crippen LogP contribution in [0.1, 0.15) is 17.1 Å². The van der Waals surface area contributed by atoms with Crippen LogP contribution in [0.2, 0.25) is 0 Å². The van der Waals surface area contributed by atoms with E-state index >= 15 is 0 Å². The summed E-state index contributed by atoms with van der Waals surface area (Å²) in [5.74, 6) is 1.60. The molecule has 0 aliphatic rings. The first kappa shape index (κ1) is 14.0. The monoisotopic (exact) mass is 321 g/mol. The van der Waals surface area contributed by atoms with Crippen LogP contribution >= 0.6 is 11.3 Å². The van der Waals surface area contributed by atoms with Gasteiger partial charge in [0, 0.05) is 11.1 Å². The van der Waals surface area contributed by atoms with Crippen molar-refractivity contribution in [1.29, 1.82) is 0 Å². The second-order valence-corrected chi connectivity index (χ2v) is 6.28. The maximum absolute atomic E-state index is 4.63. The summed E-state index contributed by atoms with van der Waals surface area (Å²) in [5.41, 5.74) is 3.15. The van der Waals surface area contributed by atoms with Crippen molar-refractivity contribution in [2.45, 2.75) is 20.4 Å². The molecule has 3 heterocycles. The fourth-order valence-electron chi connectivity index (χ4n) is 2.69. The zero-order chi connectivity index (χ0) is 15.8. The van der Waals surface area contributed by atoms with Crippen LogP contribution in [0, 0.1) is 13.8 Å². The van der Waals surface area contributed by atoms with Gasteiger partial charge in [-0.2, -0.15) is 0 Å². The van der Waals surface area contributed by atoms with Crippen molar-refractivity contribution in [1.82, 2.24) is 19.9 Å². The summed E-state index contributed by atoms with van der Waals surface area (Å²) >= 11 is 1.63. The molecule has 0 saturated heterocycles. The molecular weight excluding hydrogens is 306 g/mol. The van der Waals surface area contributed by atoms with E-state index in [1.807, 2.05) is 31.2 Å². The highest BCUT2D eigenvalue weighted by atomic mass is 32.1. The van der Waals surface area contributed by atoms with Crippen LogP contribution in [0.15, 0.2) is 36.0 Å². The van der Waals surface area contributed by atoms with Gasteiger partial charge in [0.2, 0.25) is 0 Å². The van der Waals surface area contributed by atoms with E-state index in [1.54, 1.807) is 17.7 Å². The van der Waals surface area contributed by atoms with Gasteiger partial charge >= 0.3 is 0 Å². The Balaban J connectivity index is 1.67. The summed E-state index contributed by atoms with van der Waals surface area (Å²) in [4.78, 5) is 18.9. The van der Waals surface area contributed by atoms with Crippen LogP contribution in [0.4, 0.5) is 5.82 Å². The summed E-state index contributed by atoms with van der Waals surface area (Å²) in [6.45, 7) is 4.62. The van der Waals surface area contributed by atoms with Crippen LogP contribution in [0.3, 0.4) is 0 Å². The van der Waals surface area contributed by atoms with Crippen LogP contribution < -0.4 is 5.32 Å². The molecule has 6 heteroatoms. The average Bonchev–Trinajstić information content (AvgIpc) is 2.95. The predicted octanol–water partition coefficient (Wildman–Crippen LogP) is 3.86. The first-order chi connectivity index (χ1) is 11.2. The van der Waals surface area contributed by atoms with E-state index in [2.05, 4.69) is 37.6 Å². The molecule has 0 atom stereocenters. The molecule has 0 fully saturated rings. The topological polar surface area (TPSA) is 63.6 Å². The van der Waals surface area contributed by atoms with E-state index in [-0.39, 0.29) is 0 Å². The van der Waals surface area contributed by atoms with E-state index in [9.17, 15) is 0 Å². The molecule has 1 N–H and O–H groups in total. The summed E-state index contributed by atoms with van der Waals surface area (Å²) in [5, 5.41) is 7.62. The first-order valence-corrected chi connectivity index (χ1v) is 8.25. The highest BCUT2D eigenvalue weighted by molar-refractivity contribution is 7.17. The van der Waals surface area contributed by atoms with E-state index in [0.29, 0.717) is 6.54 Å². The number of nitrogens with zero attached hydrogens (tertiary/aromatic N) is 4. The van der Waals surface area contributed by atoms with Crippen molar-refractivity contribution in [2.75, 3.05) is 5.32 Å². The second kappa shape index (κ2) is 5.55. The number of rotatable bonds is 3. The highest BCUT2D eigenvalue weighted by Gasteiger charge is 2.09. The fourth-order valence-corrected chi connectivity index (χ4v) is 3.58. The van der Waals surface area contributed by atoms with E-state index in [1.165, 1.54) is 5.56 Å². The van der Waals surface area contributed by atoms with Gasteiger partial charge in [0.1, 0.15) is 22.8 Å². The van der Waals surface area contributed by atoms with Gasteiger partial charge in [-0.15, -0.1) is 11.3 Å². The van der Waals surface area contributed by atoms with Crippen molar-refractivity contribution in [2.24, 2.45) is 0 Å². The van der Waals surface area contributed by atoms with Crippen molar-refractivity contribution in [3.63, 3.8) is 0 Å². The normalized spacial score (nSPS) is 11.2. The Morgan fingerprint density at radius 1 is 1.09 bits per heavy atom. The third kappa shape index (κ3) is 2.51. The molecule has 4 aromatic rings. The number of aromatic nitrogens is 4. The lowest BCUT2D eigenvalue weighted by Crippen LogP contribution is -2.07. The zero-order valence-electron chi connectivity index (χ0n) is 12.9. The van der Waals surface area contributed by atoms with Crippen molar-refractivity contribution >= 4 is 38.3 Å². The molecule has 3 aromatic heterocycles. The van der Waals surface area contributed by atoms with Gasteiger partial charge in [-0.05, 0) is 30.9 Å². The number of anilines is 1. The molecule has 5 nitrogen and oxygen atoms in total. The summed E-state index contributed by atoms with van der Waals surface area (Å²) < 4.78 is 0. The number of thiophene rings is 1. The van der Waals surface area contributed by atoms with Gasteiger partial charge in [0.15, 0.2) is 0 Å². The average molecular weight is 321 g/mol. The molecule has 0 bridgehead atoms. The third-order valence-electron chi connectivity index (χ3n) is 3.81. The molecule has 0 aliphatic carbocycles. The highest BCUT2D eigenvalue weighted by Crippen LogP contribution is 2.28. The van der Waals surface area contributed by atoms with E-state index in [0.717, 1.165) is 38.5 Å². The van der Waals surface area contributed by atoms with Gasteiger partial charge in [-0.3, -0.25) is 0 Å². The largest absolute Gasteiger partial charge is 0.362 e. The lowest BCUT2D eigenvalue weighted by molar-refractivity contribution is 0.943. The summed E-state index contributed by atoms with van der Waals surface area (Å²) in [6, 6.07) is 8.06. The van der Waals surface area contributed by atoms with Crippen LogP contribution in [0.5, 0.6) is 0 Å². The zero-order valence-corrected chi connectivity index (χ0v) is 13.7. The summed E-state index contributed by atoms with van der Waals surface area (Å²) in [6.07, 6.45) is 1.59. The third-order valence-corrected chi connectivity index (χ3v) is 4.81. The van der Waals surface area contributed by atoms with Gasteiger partial charge in [0.05, 0.1) is 17.4 Å². The molecule has 23 heavy (non-hydrogen) atoms. The van der Waals surface area contributed by atoms with Crippen LogP contribution in [-0.2, 0) is 6.54 Å². The molecule has 1 aromatic carbocycles. The molecule has 0 aliphatic heterocycles. The number of fused-ring (bicyclic) bond motifs is 2. The van der Waals surface area contributed by atoms with Crippen LogP contribution in [0.25, 0.3) is 21.1 Å². The Morgan fingerprint density at radius 2 is 1.96 bits per heavy atom. The number of hydrogen-bond donors (Lipinski definition) is 1. The Bertz CT molecular complexity index is 1010. The lowest BCUT2D eigenvalue weighted by Gasteiger charge is -2.08. The minimum absolute atomic E-state index is 0.535. The standard InChI is InChI=1S/C17H15N5S/c1-10-8-23-17-15(10)16(19-9-20-17)18-7-14-21-11(2)12-5-3-4-6-13(12)22-14/h3-6,8-9H,7H2,1-2H3,(H,18,19,20). The molecule has 4 rings (SSSR count). The molecule has 0 spiro atoms. The minimum atomic E-state index is 0.535. The number of para-hydroxylation sites is 1. The van der Waals surface area contributed by atoms with Gasteiger partial charge < -0.3 is 5.32 Å². The van der Waals surface area contributed by atoms with E-state index < -0.39 is 0 Å². The maximum Gasteiger partial charge on any atom is 0.148 e. The number of benzene rings is 1. The first-order valence-electron chi connectivity index (χ1n) is 7.37. The van der Waals surface area contributed by atoms with Crippen molar-refractivity contribution < 1.29 is 0 Å². The molecule has 114 valence electrons. The minimum Gasteiger partial charge on any atom is -0.362 e. The molecule has 0 amide bonds. The van der Waals surface area contributed by atoms with Crippen molar-refractivity contribution in [3.8, 4) is 0 Å². The molecule has 0 saturated carbocycles. The molecule has 0 unspecified atom stereocenters. The lowest BCUT2D eigenvalue weighted by atomic mass is 10.2. The van der Waals surface area contributed by atoms with Crippen LogP contribution in [-0.4, -0.2) is 19.9 Å². The van der Waals surface area contributed by atoms with Gasteiger partial charge in [-0.25, -0.2) is 19.9 Å². The molecular formula is C17H15N5S. The number of aryl methyl sites for hydroxylation is 2. The Kier molecular flexibility index (Phi) is 3.38. The molecule has 0 radical (unpaired) electrons. The quantitative estimate of drug-likeness (QED) is 0.620. The van der Waals surface area contributed by atoms with Crippen molar-refractivity contribution in [3.05, 3.63) is 53.1 Å². The fraction of sp³-hybridized carbons (Fsp3) is 0.176. The second-order valence-electron chi connectivity index (χ2n) is 5.42. The Labute approximate surface area is 137 Å². The van der Waals surface area contributed by atoms with E-state index in [4.69, 9.17) is 0 Å². The maximum atomic E-state index is 4.63. The summed E-state index contributed by atoms with van der Waals surface area (Å²) in [7, 11) is 0. The Hall–Kier alpha value is -2.60. The Morgan fingerprint density at radius 3 is 2.87 bits per heavy atom. The number of nitrogens with one attached hydrogen (secondary N) is 1. The smallest absolute Gasteiger partial charge is 0.148 e. The number of hydrogen-bond acceptors (Lipinski definition) is 6. The van der Waals surface area contributed by atoms with Gasteiger partial charge in [0.25, 0.3) is 0 Å². The van der Waals surface area contributed by atoms with Gasteiger partial charge in [-0.1, -0.05) is 18.2 Å². The SMILES string of the molecule is Cc1nc(CNc2ncnc3scc(C)c23)nc2ccccc12. The predicted molar refractivity (Wildman–Crippen MR) is 93.8 cm³/mol.